The van der Waals surface area contributed by atoms with Crippen LogP contribution < -0.4 is 5.32 Å². The van der Waals surface area contributed by atoms with Crippen LogP contribution in [0.4, 0.5) is 0 Å². The van der Waals surface area contributed by atoms with Crippen molar-refractivity contribution in [3.8, 4) is 10.4 Å². The van der Waals surface area contributed by atoms with E-state index in [1.807, 2.05) is 24.4 Å². The maximum absolute atomic E-state index is 6.21. The van der Waals surface area contributed by atoms with Gasteiger partial charge in [-0.3, -0.25) is 0 Å². The summed E-state index contributed by atoms with van der Waals surface area (Å²) in [5.74, 6) is 0.887. The van der Waals surface area contributed by atoms with E-state index in [1.54, 1.807) is 11.3 Å². The number of hydrogen-bond acceptors (Lipinski definition) is 3. The van der Waals surface area contributed by atoms with Gasteiger partial charge in [0.15, 0.2) is 0 Å². The van der Waals surface area contributed by atoms with E-state index >= 15 is 0 Å². The van der Waals surface area contributed by atoms with Crippen LogP contribution in [0.15, 0.2) is 24.4 Å². The highest BCUT2D eigenvalue weighted by molar-refractivity contribution is 7.15. The molecule has 19 heavy (non-hydrogen) atoms. The summed E-state index contributed by atoms with van der Waals surface area (Å²) >= 11 is 14.1. The van der Waals surface area contributed by atoms with Crippen LogP contribution in [0.2, 0.25) is 10.0 Å². The molecule has 100 valence electrons. The Morgan fingerprint density at radius 3 is 2.68 bits per heavy atom. The molecule has 0 radical (unpaired) electrons. The van der Waals surface area contributed by atoms with Crippen molar-refractivity contribution in [2.45, 2.75) is 19.4 Å². The molecule has 2 aromatic rings. The number of nitrogens with zero attached hydrogens (tertiary/aromatic N) is 1. The van der Waals surface area contributed by atoms with Crippen molar-refractivity contribution in [2.75, 3.05) is 6.54 Å². The molecule has 0 atom stereocenters. The third-order valence-electron chi connectivity index (χ3n) is 3.17. The van der Waals surface area contributed by atoms with E-state index in [2.05, 4.69) is 10.3 Å². The van der Waals surface area contributed by atoms with Crippen molar-refractivity contribution < 1.29 is 0 Å². The lowest BCUT2D eigenvalue weighted by molar-refractivity contribution is 0.637. The molecule has 3 rings (SSSR count). The van der Waals surface area contributed by atoms with Crippen molar-refractivity contribution in [3.63, 3.8) is 0 Å². The average molecular weight is 313 g/mol. The van der Waals surface area contributed by atoms with Crippen LogP contribution in [0.1, 0.15) is 17.8 Å². The van der Waals surface area contributed by atoms with Gasteiger partial charge in [0, 0.05) is 18.3 Å². The summed E-state index contributed by atoms with van der Waals surface area (Å²) in [6.07, 6.45) is 4.59. The molecule has 0 aliphatic heterocycles. The monoisotopic (exact) mass is 312 g/mol. The zero-order valence-corrected chi connectivity index (χ0v) is 12.7. The first-order valence-corrected chi connectivity index (χ1v) is 7.91. The van der Waals surface area contributed by atoms with Crippen LogP contribution >= 0.6 is 34.5 Å². The van der Waals surface area contributed by atoms with E-state index in [-0.39, 0.29) is 0 Å². The molecule has 0 saturated heterocycles. The maximum Gasteiger partial charge on any atom is 0.107 e. The van der Waals surface area contributed by atoms with Crippen molar-refractivity contribution >= 4 is 34.5 Å². The molecular formula is C14H14Cl2N2S. The van der Waals surface area contributed by atoms with E-state index < -0.39 is 0 Å². The van der Waals surface area contributed by atoms with Gasteiger partial charge in [-0.25, -0.2) is 4.98 Å². The first-order chi connectivity index (χ1) is 9.24. The normalized spacial score (nSPS) is 14.8. The quantitative estimate of drug-likeness (QED) is 0.871. The lowest BCUT2D eigenvalue weighted by atomic mass is 10.2. The lowest BCUT2D eigenvalue weighted by Crippen LogP contribution is -2.15. The smallest absolute Gasteiger partial charge is 0.107 e. The van der Waals surface area contributed by atoms with Gasteiger partial charge in [-0.2, -0.15) is 0 Å². The molecule has 0 bridgehead atoms. The number of aromatic nitrogens is 1. The predicted molar refractivity (Wildman–Crippen MR) is 82.0 cm³/mol. The number of thiazole rings is 1. The van der Waals surface area contributed by atoms with E-state index in [4.69, 9.17) is 23.2 Å². The highest BCUT2D eigenvalue weighted by Gasteiger charge is 2.20. The van der Waals surface area contributed by atoms with Crippen LogP contribution in [0.25, 0.3) is 10.4 Å². The van der Waals surface area contributed by atoms with Gasteiger partial charge in [-0.1, -0.05) is 29.3 Å². The first-order valence-electron chi connectivity index (χ1n) is 6.34. The Balaban J connectivity index is 1.72. The zero-order chi connectivity index (χ0) is 13.2. The van der Waals surface area contributed by atoms with Gasteiger partial charge in [0.2, 0.25) is 0 Å². The Kier molecular flexibility index (Phi) is 4.08. The third-order valence-corrected chi connectivity index (χ3v) is 4.81. The second-order valence-corrected chi connectivity index (χ2v) is 6.72. The van der Waals surface area contributed by atoms with Gasteiger partial charge in [0.05, 0.1) is 14.9 Å². The van der Waals surface area contributed by atoms with E-state index in [0.717, 1.165) is 34.5 Å². The maximum atomic E-state index is 6.21. The van der Waals surface area contributed by atoms with Crippen LogP contribution in [-0.2, 0) is 6.54 Å². The van der Waals surface area contributed by atoms with Crippen LogP contribution in [0.5, 0.6) is 0 Å². The summed E-state index contributed by atoms with van der Waals surface area (Å²) in [5, 5.41) is 5.86. The minimum atomic E-state index is 0.675. The van der Waals surface area contributed by atoms with E-state index in [9.17, 15) is 0 Å². The fourth-order valence-corrected chi connectivity index (χ4v) is 3.62. The number of halogens is 2. The molecule has 1 aliphatic rings. The fourth-order valence-electron chi connectivity index (χ4n) is 1.95. The molecular weight excluding hydrogens is 299 g/mol. The summed E-state index contributed by atoms with van der Waals surface area (Å²) in [4.78, 5) is 5.46. The van der Waals surface area contributed by atoms with Gasteiger partial charge in [-0.15, -0.1) is 11.3 Å². The second kappa shape index (κ2) is 5.80. The molecule has 1 heterocycles. The van der Waals surface area contributed by atoms with Crippen molar-refractivity contribution in [2.24, 2.45) is 5.92 Å². The Morgan fingerprint density at radius 2 is 2.00 bits per heavy atom. The number of nitrogens with one attached hydrogen (secondary N) is 1. The topological polar surface area (TPSA) is 24.9 Å². The minimum Gasteiger partial charge on any atom is -0.310 e. The summed E-state index contributed by atoms with van der Waals surface area (Å²) in [5.41, 5.74) is 0.886. The summed E-state index contributed by atoms with van der Waals surface area (Å²) in [7, 11) is 0. The number of hydrogen-bond donors (Lipinski definition) is 1. The lowest BCUT2D eigenvalue weighted by Gasteiger charge is -2.03. The van der Waals surface area contributed by atoms with Crippen LogP contribution in [-0.4, -0.2) is 11.5 Å². The molecule has 0 spiro atoms. The van der Waals surface area contributed by atoms with Crippen molar-refractivity contribution in [3.05, 3.63) is 39.4 Å². The molecule has 1 aliphatic carbocycles. The molecule has 2 nitrogen and oxygen atoms in total. The number of rotatable bonds is 5. The predicted octanol–water partition coefficient (Wildman–Crippen LogP) is 4.62. The molecule has 0 unspecified atom stereocenters. The molecule has 1 N–H and O–H groups in total. The molecule has 5 heteroatoms. The first kappa shape index (κ1) is 13.4. The summed E-state index contributed by atoms with van der Waals surface area (Å²) in [6, 6.07) is 5.56. The Hall–Kier alpha value is -0.610. The Bertz CT molecular complexity index is 558. The zero-order valence-electron chi connectivity index (χ0n) is 10.3. The molecule has 1 aromatic carbocycles. The van der Waals surface area contributed by atoms with Crippen LogP contribution in [0, 0.1) is 5.92 Å². The van der Waals surface area contributed by atoms with Gasteiger partial charge in [0.25, 0.3) is 0 Å². The number of benzene rings is 1. The van der Waals surface area contributed by atoms with Gasteiger partial charge in [0.1, 0.15) is 5.01 Å². The van der Waals surface area contributed by atoms with Crippen molar-refractivity contribution in [1.29, 1.82) is 0 Å². The second-order valence-electron chi connectivity index (χ2n) is 4.79. The highest BCUT2D eigenvalue weighted by Crippen LogP contribution is 2.37. The molecule has 1 fully saturated rings. The van der Waals surface area contributed by atoms with Gasteiger partial charge >= 0.3 is 0 Å². The summed E-state index contributed by atoms with van der Waals surface area (Å²) in [6.45, 7) is 1.92. The highest BCUT2D eigenvalue weighted by atomic mass is 35.5. The minimum absolute atomic E-state index is 0.675. The fraction of sp³-hybridized carbons (Fsp3) is 0.357. The Morgan fingerprint density at radius 1 is 1.26 bits per heavy atom. The average Bonchev–Trinajstić information content (AvgIpc) is 3.08. The van der Waals surface area contributed by atoms with Crippen molar-refractivity contribution in [1.82, 2.24) is 10.3 Å². The molecule has 1 saturated carbocycles. The third kappa shape index (κ3) is 3.29. The largest absolute Gasteiger partial charge is 0.310 e. The Labute approximate surface area is 126 Å². The van der Waals surface area contributed by atoms with Gasteiger partial charge < -0.3 is 5.32 Å². The molecule has 0 amide bonds. The van der Waals surface area contributed by atoms with Gasteiger partial charge in [-0.05, 0) is 37.4 Å². The summed E-state index contributed by atoms with van der Waals surface area (Å²) < 4.78 is 0. The van der Waals surface area contributed by atoms with Crippen LogP contribution in [0.3, 0.4) is 0 Å². The van der Waals surface area contributed by atoms with E-state index in [1.165, 1.54) is 12.8 Å². The van der Waals surface area contributed by atoms with E-state index in [0.29, 0.717) is 10.0 Å². The SMILES string of the molecule is Clc1cccc(Cl)c1-c1cnc(CNCC2CC2)s1. The molecule has 1 aromatic heterocycles. The standard InChI is InChI=1S/C14H14Cl2N2S/c15-10-2-1-3-11(16)14(10)12-7-18-13(19-12)8-17-6-9-4-5-9/h1-3,7,9,17H,4-6,8H2.